The second-order valence-electron chi connectivity index (χ2n) is 4.40. The quantitative estimate of drug-likeness (QED) is 0.781. The molecule has 2 nitrogen and oxygen atoms in total. The van der Waals surface area contributed by atoms with Crippen molar-refractivity contribution in [2.45, 2.75) is 20.8 Å². The maximum Gasteiger partial charge on any atom is 0.130 e. The number of aromatic hydroxyl groups is 2. The Morgan fingerprint density at radius 2 is 1.29 bits per heavy atom. The van der Waals surface area contributed by atoms with Crippen molar-refractivity contribution >= 4 is 0 Å². The van der Waals surface area contributed by atoms with Crippen LogP contribution >= 0.6 is 0 Å². The molecule has 2 heteroatoms. The van der Waals surface area contributed by atoms with Crippen molar-refractivity contribution in [2.75, 3.05) is 0 Å². The summed E-state index contributed by atoms with van der Waals surface area (Å²) in [4.78, 5) is 0. The van der Waals surface area contributed by atoms with Gasteiger partial charge in [-0.3, -0.25) is 0 Å². The number of phenols is 2. The molecule has 0 atom stereocenters. The normalized spacial score (nSPS) is 10.5. The van der Waals surface area contributed by atoms with Crippen LogP contribution in [0.2, 0.25) is 0 Å². The zero-order valence-corrected chi connectivity index (χ0v) is 10.3. The standard InChI is InChI=1S/C15H16O2/c1-9-6-4-5-7-12(9)13-14(16)10(2)8-11(3)15(13)17/h4-8,16-17H,1-3H3. The monoisotopic (exact) mass is 228 g/mol. The van der Waals surface area contributed by atoms with Crippen molar-refractivity contribution in [3.63, 3.8) is 0 Å². The topological polar surface area (TPSA) is 40.5 Å². The molecule has 17 heavy (non-hydrogen) atoms. The number of rotatable bonds is 1. The van der Waals surface area contributed by atoms with Gasteiger partial charge in [-0.15, -0.1) is 0 Å². The molecule has 0 aliphatic carbocycles. The summed E-state index contributed by atoms with van der Waals surface area (Å²) in [5.74, 6) is 0.310. The first-order valence-electron chi connectivity index (χ1n) is 5.60. The molecule has 2 rings (SSSR count). The minimum absolute atomic E-state index is 0.155. The van der Waals surface area contributed by atoms with Crippen molar-refractivity contribution in [3.8, 4) is 22.6 Å². The van der Waals surface area contributed by atoms with Gasteiger partial charge in [0.1, 0.15) is 11.5 Å². The lowest BCUT2D eigenvalue weighted by molar-refractivity contribution is 0.449. The van der Waals surface area contributed by atoms with E-state index >= 15 is 0 Å². The van der Waals surface area contributed by atoms with Crippen LogP contribution in [0.15, 0.2) is 30.3 Å². The van der Waals surface area contributed by atoms with Crippen molar-refractivity contribution < 1.29 is 10.2 Å². The zero-order valence-electron chi connectivity index (χ0n) is 10.3. The van der Waals surface area contributed by atoms with E-state index in [9.17, 15) is 10.2 Å². The highest BCUT2D eigenvalue weighted by Gasteiger charge is 2.16. The van der Waals surface area contributed by atoms with Crippen LogP contribution in [0.25, 0.3) is 11.1 Å². The Labute approximate surface area is 101 Å². The highest BCUT2D eigenvalue weighted by molar-refractivity contribution is 5.81. The zero-order chi connectivity index (χ0) is 12.6. The summed E-state index contributed by atoms with van der Waals surface area (Å²) < 4.78 is 0. The molecular weight excluding hydrogens is 212 g/mol. The molecule has 0 spiro atoms. The Bertz CT molecular complexity index is 545. The van der Waals surface area contributed by atoms with Crippen LogP contribution < -0.4 is 0 Å². The van der Waals surface area contributed by atoms with Gasteiger partial charge in [0.25, 0.3) is 0 Å². The average molecular weight is 228 g/mol. The minimum Gasteiger partial charge on any atom is -0.507 e. The second kappa shape index (κ2) is 4.13. The Morgan fingerprint density at radius 3 is 1.82 bits per heavy atom. The van der Waals surface area contributed by atoms with Crippen LogP contribution in [0.1, 0.15) is 16.7 Å². The van der Waals surface area contributed by atoms with Crippen LogP contribution in [0.5, 0.6) is 11.5 Å². The van der Waals surface area contributed by atoms with Gasteiger partial charge in [0.2, 0.25) is 0 Å². The number of hydrogen-bond acceptors (Lipinski definition) is 2. The van der Waals surface area contributed by atoms with Gasteiger partial charge >= 0.3 is 0 Å². The van der Waals surface area contributed by atoms with Crippen LogP contribution in [-0.2, 0) is 0 Å². The van der Waals surface area contributed by atoms with Crippen LogP contribution in [-0.4, -0.2) is 10.2 Å². The van der Waals surface area contributed by atoms with E-state index in [1.54, 1.807) is 6.07 Å². The van der Waals surface area contributed by atoms with Crippen molar-refractivity contribution in [3.05, 3.63) is 47.0 Å². The van der Waals surface area contributed by atoms with Gasteiger partial charge in [-0.1, -0.05) is 24.3 Å². The molecule has 2 N–H and O–H groups in total. The lowest BCUT2D eigenvalue weighted by Crippen LogP contribution is -1.89. The van der Waals surface area contributed by atoms with Crippen LogP contribution in [0, 0.1) is 20.8 Å². The first kappa shape index (κ1) is 11.5. The molecule has 0 aliphatic heterocycles. The lowest BCUT2D eigenvalue weighted by Gasteiger charge is -2.14. The Hall–Kier alpha value is -1.96. The summed E-state index contributed by atoms with van der Waals surface area (Å²) in [5, 5.41) is 20.2. The van der Waals surface area contributed by atoms with E-state index in [1.165, 1.54) is 0 Å². The van der Waals surface area contributed by atoms with Crippen molar-refractivity contribution in [1.82, 2.24) is 0 Å². The first-order valence-corrected chi connectivity index (χ1v) is 5.60. The fourth-order valence-corrected chi connectivity index (χ4v) is 2.08. The lowest BCUT2D eigenvalue weighted by atomic mass is 9.95. The number of phenolic OH excluding ortho intramolecular Hbond substituents is 2. The SMILES string of the molecule is Cc1ccccc1-c1c(O)c(C)cc(C)c1O. The second-order valence-corrected chi connectivity index (χ2v) is 4.40. The highest BCUT2D eigenvalue weighted by Crippen LogP contribution is 2.42. The molecule has 0 heterocycles. The number of hydrogen-bond donors (Lipinski definition) is 2. The molecule has 0 aliphatic rings. The van der Waals surface area contributed by atoms with Gasteiger partial charge in [0.05, 0.1) is 5.56 Å². The molecule has 0 fully saturated rings. The van der Waals surface area contributed by atoms with Crippen LogP contribution in [0.3, 0.4) is 0 Å². The smallest absolute Gasteiger partial charge is 0.130 e. The van der Waals surface area contributed by atoms with Crippen molar-refractivity contribution in [1.29, 1.82) is 0 Å². The Balaban J connectivity index is 2.80. The molecule has 0 saturated heterocycles. The van der Waals surface area contributed by atoms with E-state index in [4.69, 9.17) is 0 Å². The molecule has 0 amide bonds. The fourth-order valence-electron chi connectivity index (χ4n) is 2.08. The van der Waals surface area contributed by atoms with E-state index in [2.05, 4.69) is 0 Å². The molecule has 0 saturated carbocycles. The summed E-state index contributed by atoms with van der Waals surface area (Å²) in [6.45, 7) is 5.64. The summed E-state index contributed by atoms with van der Waals surface area (Å²) in [6, 6.07) is 9.50. The van der Waals surface area contributed by atoms with E-state index in [0.29, 0.717) is 5.56 Å². The van der Waals surface area contributed by atoms with Gasteiger partial charge in [-0.25, -0.2) is 0 Å². The summed E-state index contributed by atoms with van der Waals surface area (Å²) >= 11 is 0. The number of benzene rings is 2. The Morgan fingerprint density at radius 1 is 0.765 bits per heavy atom. The molecular formula is C15H16O2. The highest BCUT2D eigenvalue weighted by atomic mass is 16.3. The molecule has 0 aromatic heterocycles. The molecule has 2 aromatic carbocycles. The predicted molar refractivity (Wildman–Crippen MR) is 69.4 cm³/mol. The van der Waals surface area contributed by atoms with Gasteiger partial charge in [-0.2, -0.15) is 0 Å². The van der Waals surface area contributed by atoms with E-state index in [1.807, 2.05) is 45.0 Å². The largest absolute Gasteiger partial charge is 0.507 e. The minimum atomic E-state index is 0.155. The third-order valence-electron chi connectivity index (χ3n) is 3.07. The van der Waals surface area contributed by atoms with Gasteiger partial charge < -0.3 is 10.2 Å². The molecule has 0 radical (unpaired) electrons. The van der Waals surface area contributed by atoms with Crippen LogP contribution in [0.4, 0.5) is 0 Å². The van der Waals surface area contributed by atoms with E-state index in [-0.39, 0.29) is 11.5 Å². The first-order chi connectivity index (χ1) is 8.02. The summed E-state index contributed by atoms with van der Waals surface area (Å²) in [5.41, 5.74) is 3.98. The van der Waals surface area contributed by atoms with Gasteiger partial charge in [0, 0.05) is 0 Å². The maximum absolute atomic E-state index is 10.1. The van der Waals surface area contributed by atoms with E-state index in [0.717, 1.165) is 22.3 Å². The van der Waals surface area contributed by atoms with Crippen molar-refractivity contribution in [2.24, 2.45) is 0 Å². The fraction of sp³-hybridized carbons (Fsp3) is 0.200. The average Bonchev–Trinajstić information content (AvgIpc) is 2.29. The molecule has 88 valence electrons. The summed E-state index contributed by atoms with van der Waals surface area (Å²) in [6.07, 6.45) is 0. The molecule has 2 aromatic rings. The Kier molecular flexibility index (Phi) is 2.80. The van der Waals surface area contributed by atoms with Gasteiger partial charge in [0.15, 0.2) is 0 Å². The molecule has 0 bridgehead atoms. The number of aryl methyl sites for hydroxylation is 3. The third-order valence-corrected chi connectivity index (χ3v) is 3.07. The van der Waals surface area contributed by atoms with E-state index < -0.39 is 0 Å². The molecule has 0 unspecified atom stereocenters. The summed E-state index contributed by atoms with van der Waals surface area (Å²) in [7, 11) is 0. The van der Waals surface area contributed by atoms with Gasteiger partial charge in [-0.05, 0) is 49.1 Å². The third kappa shape index (κ3) is 1.86. The predicted octanol–water partition coefficient (Wildman–Crippen LogP) is 3.69. The maximum atomic E-state index is 10.1.